The molecule has 5 heterocycles. The molecular formula is C37H48BN13O4. The van der Waals surface area contributed by atoms with Gasteiger partial charge >= 0.3 is 0 Å². The zero-order chi connectivity index (χ0) is 39.6. The molecule has 288 valence electrons. The monoisotopic (exact) mass is 749 g/mol. The topological polar surface area (TPSA) is 231 Å². The van der Waals surface area contributed by atoms with Crippen LogP contribution in [0.4, 0.5) is 11.4 Å². The Balaban J connectivity index is 1.26. The molecule has 0 saturated carbocycles. The maximum atomic E-state index is 13.0. The van der Waals surface area contributed by atoms with E-state index in [0.29, 0.717) is 37.6 Å². The second kappa shape index (κ2) is 15.8. The highest BCUT2D eigenvalue weighted by atomic mass is 16.5. The van der Waals surface area contributed by atoms with Crippen LogP contribution in [0.25, 0.3) is 11.1 Å². The molecule has 2 saturated heterocycles. The number of aliphatic hydroxyl groups is 1. The van der Waals surface area contributed by atoms with Crippen LogP contribution in [0.3, 0.4) is 0 Å². The van der Waals surface area contributed by atoms with Gasteiger partial charge in [0.15, 0.2) is 0 Å². The summed E-state index contributed by atoms with van der Waals surface area (Å²) >= 11 is 0. The van der Waals surface area contributed by atoms with Gasteiger partial charge in [-0.05, 0) is 38.0 Å². The molecule has 18 heteroatoms. The van der Waals surface area contributed by atoms with Crippen molar-refractivity contribution in [1.29, 1.82) is 0 Å². The maximum Gasteiger partial charge on any atom is 0.272 e. The Morgan fingerprint density at radius 1 is 1.09 bits per heavy atom. The Kier molecular flexibility index (Phi) is 11.1. The zero-order valence-corrected chi connectivity index (χ0v) is 31.7. The van der Waals surface area contributed by atoms with Crippen molar-refractivity contribution in [2.24, 2.45) is 22.2 Å². The van der Waals surface area contributed by atoms with Gasteiger partial charge in [-0.1, -0.05) is 18.2 Å². The van der Waals surface area contributed by atoms with Crippen LogP contribution in [0.2, 0.25) is 0 Å². The lowest BCUT2D eigenvalue weighted by Gasteiger charge is -2.49. The first-order valence-electron chi connectivity index (χ1n) is 18.0. The average Bonchev–Trinajstić information content (AvgIpc) is 3.86. The van der Waals surface area contributed by atoms with Gasteiger partial charge in [0.25, 0.3) is 11.8 Å². The van der Waals surface area contributed by atoms with Crippen LogP contribution in [0.15, 0.2) is 82.5 Å². The van der Waals surface area contributed by atoms with Gasteiger partial charge in [0, 0.05) is 70.7 Å². The molecule has 10 N–H and O–H groups in total. The lowest BCUT2D eigenvalue weighted by Crippen LogP contribution is -2.59. The van der Waals surface area contributed by atoms with E-state index >= 15 is 0 Å². The number of fused-ring (bicyclic) bond motifs is 3. The number of likely N-dealkylation sites (N-methyl/N-ethyl adjacent to an activating group) is 1. The summed E-state index contributed by atoms with van der Waals surface area (Å²) in [5.41, 5.74) is 22.1. The van der Waals surface area contributed by atoms with Gasteiger partial charge in [-0.15, -0.1) is 0 Å². The Bertz CT molecular complexity index is 2080. The smallest absolute Gasteiger partial charge is 0.272 e. The Morgan fingerprint density at radius 2 is 1.80 bits per heavy atom. The van der Waals surface area contributed by atoms with Crippen molar-refractivity contribution in [3.8, 4) is 11.1 Å². The third-order valence-electron chi connectivity index (χ3n) is 10.3. The van der Waals surface area contributed by atoms with Crippen LogP contribution in [0.1, 0.15) is 53.7 Å². The van der Waals surface area contributed by atoms with Gasteiger partial charge in [0.2, 0.25) is 5.88 Å². The number of hydrogen-bond acceptors (Lipinski definition) is 14. The molecule has 3 aliphatic heterocycles. The molecule has 1 aromatic carbocycles. The highest BCUT2D eigenvalue weighted by molar-refractivity contribution is 6.14. The van der Waals surface area contributed by atoms with E-state index < -0.39 is 11.5 Å². The minimum Gasteiger partial charge on any atom is -0.481 e. The summed E-state index contributed by atoms with van der Waals surface area (Å²) in [4.78, 5) is 39.9. The highest BCUT2D eigenvalue weighted by Crippen LogP contribution is 2.49. The fraction of sp³-hybridized carbons (Fsp3) is 0.378. The normalized spacial score (nSPS) is 19.5. The molecule has 6 rings (SSSR count). The number of anilines is 2. The molecule has 2 fully saturated rings. The average molecular weight is 750 g/mol. The minimum absolute atomic E-state index is 0.0601. The van der Waals surface area contributed by atoms with Crippen molar-refractivity contribution >= 4 is 37.3 Å². The molecule has 3 aliphatic rings. The third kappa shape index (κ3) is 7.42. The molecule has 2 unspecified atom stereocenters. The SMILES string of the molecule is [B]C(O)(c1cccc(C(=O)N2CCCC2)n1)N1CC(n2ncc3c2C(C)N(C)c2c(NC(/C=C(\N)N/C(C=NC)=C(/N)OC)=C(/N)C(=O)NC)cccc2-3)C1. The van der Waals surface area contributed by atoms with Crippen LogP contribution in [-0.2, 0) is 15.2 Å². The van der Waals surface area contributed by atoms with E-state index in [1.165, 1.54) is 26.4 Å². The largest absolute Gasteiger partial charge is 0.481 e. The number of amides is 2. The van der Waals surface area contributed by atoms with Crippen LogP contribution >= 0.6 is 0 Å². The lowest BCUT2D eigenvalue weighted by molar-refractivity contribution is -0.117. The number of nitrogens with zero attached hydrogens (tertiary/aromatic N) is 7. The van der Waals surface area contributed by atoms with Gasteiger partial charge in [-0.2, -0.15) is 5.10 Å². The van der Waals surface area contributed by atoms with E-state index in [1.54, 1.807) is 35.0 Å². The standard InChI is InChI=1S/C37H48BN13O4/c1-21-32-24(17-44-51(32)22-19-50(20-22)37(38,54)29-13-9-12-26(46-29)36(53)49-14-6-7-15-49)23-10-8-11-25(33(23)48(21)4)45-27(31(40)35(52)43-3)16-30(39)47-28(18-42-2)34(41)55-5/h8-13,16-18,21-22,45,47,54H,6-7,14-15,19-20,39-41H2,1-5H3,(H,43,52)/b30-16+,31-27+,34-28-,42-18?. The minimum atomic E-state index is -1.88. The fourth-order valence-corrected chi connectivity index (χ4v) is 7.12. The summed E-state index contributed by atoms with van der Waals surface area (Å²) < 4.78 is 7.13. The van der Waals surface area contributed by atoms with E-state index in [0.717, 1.165) is 35.3 Å². The molecule has 2 aromatic heterocycles. The molecule has 0 bridgehead atoms. The highest BCUT2D eigenvalue weighted by Gasteiger charge is 2.44. The zero-order valence-electron chi connectivity index (χ0n) is 31.7. The van der Waals surface area contributed by atoms with Crippen molar-refractivity contribution in [1.82, 2.24) is 35.2 Å². The number of rotatable bonds is 12. The summed E-state index contributed by atoms with van der Waals surface area (Å²) in [5, 5.41) is 25.2. The number of methoxy groups -OCH3 is 1. The van der Waals surface area contributed by atoms with E-state index in [-0.39, 0.29) is 52.5 Å². The van der Waals surface area contributed by atoms with E-state index in [2.05, 4.69) is 37.8 Å². The lowest BCUT2D eigenvalue weighted by atomic mass is 9.82. The summed E-state index contributed by atoms with van der Waals surface area (Å²) in [6.07, 6.45) is 6.72. The predicted octanol–water partition coefficient (Wildman–Crippen LogP) is 0.713. The summed E-state index contributed by atoms with van der Waals surface area (Å²) in [5.74, 6) is -0.502. The molecular weight excluding hydrogens is 701 g/mol. The molecule has 0 spiro atoms. The number of allylic oxidation sites excluding steroid dienone is 2. The fourth-order valence-electron chi connectivity index (χ4n) is 7.12. The molecule has 0 aliphatic carbocycles. The molecule has 3 aromatic rings. The number of pyridine rings is 1. The van der Waals surface area contributed by atoms with Gasteiger partial charge < -0.3 is 52.8 Å². The van der Waals surface area contributed by atoms with Gasteiger partial charge in [-0.25, -0.2) is 4.98 Å². The number of nitrogens with one attached hydrogen (secondary N) is 3. The number of nitrogens with two attached hydrogens (primary N) is 3. The van der Waals surface area contributed by atoms with Gasteiger partial charge in [0.05, 0.1) is 53.8 Å². The number of carbonyl (C=O) groups excluding carboxylic acids is 2. The van der Waals surface area contributed by atoms with Crippen molar-refractivity contribution in [2.45, 2.75) is 37.5 Å². The molecule has 55 heavy (non-hydrogen) atoms. The maximum absolute atomic E-state index is 13.0. The van der Waals surface area contributed by atoms with Crippen LogP contribution in [0.5, 0.6) is 0 Å². The van der Waals surface area contributed by atoms with Crippen molar-refractivity contribution in [3.05, 3.63) is 94.5 Å². The summed E-state index contributed by atoms with van der Waals surface area (Å²) in [6.45, 7) is 4.29. The van der Waals surface area contributed by atoms with Crippen LogP contribution in [-0.4, -0.2) is 110 Å². The number of likely N-dealkylation sites (tertiary alicyclic amines) is 2. The summed E-state index contributed by atoms with van der Waals surface area (Å²) in [7, 11) is 13.0. The van der Waals surface area contributed by atoms with Crippen molar-refractivity contribution in [3.63, 3.8) is 0 Å². The first-order chi connectivity index (χ1) is 26.3. The van der Waals surface area contributed by atoms with Crippen molar-refractivity contribution in [2.75, 3.05) is 64.6 Å². The molecule has 2 amide bonds. The molecule has 17 nitrogen and oxygen atoms in total. The Hall–Kier alpha value is -6.01. The van der Waals surface area contributed by atoms with Gasteiger partial charge in [0.1, 0.15) is 36.4 Å². The quantitative estimate of drug-likeness (QED) is 0.0446. The van der Waals surface area contributed by atoms with Crippen LogP contribution in [0, 0.1) is 0 Å². The van der Waals surface area contributed by atoms with Crippen molar-refractivity contribution < 1.29 is 19.4 Å². The first-order valence-corrected chi connectivity index (χ1v) is 18.0. The second-order valence-electron chi connectivity index (χ2n) is 13.7. The van der Waals surface area contributed by atoms with E-state index in [9.17, 15) is 14.7 Å². The number of hydrogen-bond donors (Lipinski definition) is 7. The van der Waals surface area contributed by atoms with Gasteiger partial charge in [-0.3, -0.25) is 24.2 Å². The van der Waals surface area contributed by atoms with E-state index in [4.69, 9.17) is 34.9 Å². The molecule has 2 radical (unpaired) electrons. The van der Waals surface area contributed by atoms with Crippen LogP contribution < -0.4 is 38.1 Å². The number of carbonyl (C=O) groups is 2. The Labute approximate surface area is 321 Å². The third-order valence-corrected chi connectivity index (χ3v) is 10.3. The number of aliphatic imine (C=N–C) groups is 1. The first kappa shape index (κ1) is 38.7. The molecule has 2 atom stereocenters. The number of ether oxygens (including phenoxy) is 1. The predicted molar refractivity (Wildman–Crippen MR) is 211 cm³/mol. The number of benzene rings is 1. The second-order valence-corrected chi connectivity index (χ2v) is 13.7. The Morgan fingerprint density at radius 3 is 2.47 bits per heavy atom. The number of aromatic nitrogens is 3. The summed E-state index contributed by atoms with van der Waals surface area (Å²) in [6, 6.07) is 10.6. The van der Waals surface area contributed by atoms with E-state index in [1.807, 2.05) is 36.1 Å². The number of para-hydroxylation sites is 1.